The van der Waals surface area contributed by atoms with E-state index in [2.05, 4.69) is 12.6 Å². The molecular formula is C18H21FN2OS. The second kappa shape index (κ2) is 7.51. The van der Waals surface area contributed by atoms with Crippen LogP contribution in [0.3, 0.4) is 0 Å². The first-order valence-electron chi connectivity index (χ1n) is 7.57. The predicted molar refractivity (Wildman–Crippen MR) is 95.6 cm³/mol. The normalized spacial score (nSPS) is 16.4. The average molecular weight is 332 g/mol. The number of thiol groups is 1. The summed E-state index contributed by atoms with van der Waals surface area (Å²) >= 11 is 4.08. The molecule has 1 amide bonds. The Morgan fingerprint density at radius 1 is 1.30 bits per heavy atom. The van der Waals surface area contributed by atoms with Gasteiger partial charge < -0.3 is 10.6 Å². The fourth-order valence-electron chi connectivity index (χ4n) is 2.67. The van der Waals surface area contributed by atoms with Gasteiger partial charge in [0, 0.05) is 23.5 Å². The summed E-state index contributed by atoms with van der Waals surface area (Å²) in [6.07, 6.45) is 0.420. The number of nitrogens with two attached hydrogens (primary N) is 1. The molecule has 0 saturated heterocycles. The molecule has 3 nitrogen and oxygen atoms in total. The number of amides is 1. The zero-order valence-corrected chi connectivity index (χ0v) is 14.2. The summed E-state index contributed by atoms with van der Waals surface area (Å²) in [5.74, 6) is -0.397. The van der Waals surface area contributed by atoms with Crippen LogP contribution in [-0.2, 0) is 4.79 Å². The van der Waals surface area contributed by atoms with Gasteiger partial charge >= 0.3 is 0 Å². The van der Waals surface area contributed by atoms with Gasteiger partial charge in [-0.05, 0) is 42.7 Å². The predicted octanol–water partition coefficient (Wildman–Crippen LogP) is 4.24. The van der Waals surface area contributed by atoms with Crippen molar-refractivity contribution in [3.8, 4) is 0 Å². The quantitative estimate of drug-likeness (QED) is 0.606. The topological polar surface area (TPSA) is 46.3 Å². The molecule has 2 N–H and O–H groups in total. The number of carbonyl (C=O) groups is 1. The third-order valence-electron chi connectivity index (χ3n) is 3.77. The molecule has 2 aromatic rings. The summed E-state index contributed by atoms with van der Waals surface area (Å²) in [5, 5.41) is 0. The van der Waals surface area contributed by atoms with Crippen molar-refractivity contribution in [2.24, 2.45) is 0 Å². The van der Waals surface area contributed by atoms with E-state index in [1.165, 1.54) is 11.0 Å². The van der Waals surface area contributed by atoms with Gasteiger partial charge in [-0.3, -0.25) is 4.79 Å². The maximum Gasteiger partial charge on any atom is 0.227 e. The summed E-state index contributed by atoms with van der Waals surface area (Å²) in [6.45, 7) is 4.25. The smallest absolute Gasteiger partial charge is 0.227 e. The molecule has 0 fully saturated rings. The van der Waals surface area contributed by atoms with E-state index in [9.17, 15) is 9.18 Å². The van der Waals surface area contributed by atoms with Gasteiger partial charge in [-0.15, -0.1) is 12.6 Å². The number of rotatable bonds is 1. The van der Waals surface area contributed by atoms with E-state index >= 15 is 0 Å². The van der Waals surface area contributed by atoms with Gasteiger partial charge in [-0.25, -0.2) is 4.39 Å². The first-order chi connectivity index (χ1) is 10.9. The molecule has 1 atom stereocenters. The number of hydrogen-bond donors (Lipinski definition) is 2. The minimum atomic E-state index is -0.406. The van der Waals surface area contributed by atoms with E-state index in [0.717, 1.165) is 10.5 Å². The highest BCUT2D eigenvalue weighted by molar-refractivity contribution is 7.80. The second-order valence-corrected chi connectivity index (χ2v) is 6.04. The molecule has 0 aromatic heterocycles. The van der Waals surface area contributed by atoms with Crippen molar-refractivity contribution in [1.82, 2.24) is 0 Å². The highest BCUT2D eigenvalue weighted by Gasteiger charge is 2.30. The van der Waals surface area contributed by atoms with Crippen LogP contribution in [0, 0.1) is 5.82 Å². The summed E-state index contributed by atoms with van der Waals surface area (Å²) < 4.78 is 13.8. The molecule has 1 unspecified atom stereocenters. The van der Waals surface area contributed by atoms with Gasteiger partial charge in [0.25, 0.3) is 0 Å². The highest BCUT2D eigenvalue weighted by atomic mass is 32.1. The Bertz CT molecular complexity index is 691. The molecule has 0 saturated carbocycles. The largest absolute Gasteiger partial charge is 0.399 e. The average Bonchev–Trinajstić information content (AvgIpc) is 2.50. The van der Waals surface area contributed by atoms with Crippen LogP contribution in [0.2, 0.25) is 0 Å². The minimum absolute atomic E-state index is 0.0221. The lowest BCUT2D eigenvalue weighted by atomic mass is 9.90. The van der Waals surface area contributed by atoms with Crippen molar-refractivity contribution >= 4 is 29.9 Å². The van der Waals surface area contributed by atoms with Gasteiger partial charge in [-0.1, -0.05) is 25.1 Å². The lowest BCUT2D eigenvalue weighted by molar-refractivity contribution is -0.119. The fourth-order valence-corrected chi connectivity index (χ4v) is 2.84. The molecule has 2 aromatic carbocycles. The first-order valence-corrected chi connectivity index (χ1v) is 8.02. The summed E-state index contributed by atoms with van der Waals surface area (Å²) in [5.41, 5.74) is 7.27. The third-order valence-corrected chi connectivity index (χ3v) is 4.07. The van der Waals surface area contributed by atoms with E-state index in [1.807, 2.05) is 44.2 Å². The number of halogens is 1. The van der Waals surface area contributed by atoms with Gasteiger partial charge in [0.2, 0.25) is 5.91 Å². The Kier molecular flexibility index (Phi) is 5.66. The number of nitrogen functional groups attached to an aromatic ring is 1. The summed E-state index contributed by atoms with van der Waals surface area (Å²) in [4.78, 5) is 14.3. The molecule has 3 rings (SSSR count). The SMILES string of the molecule is CCN1C(=O)CC(C)c2cc(N)cc(F)c21.Sc1ccccc1. The van der Waals surface area contributed by atoms with E-state index in [1.54, 1.807) is 6.07 Å². The minimum Gasteiger partial charge on any atom is -0.399 e. The molecule has 0 bridgehead atoms. The van der Waals surface area contributed by atoms with Crippen LogP contribution >= 0.6 is 12.6 Å². The zero-order chi connectivity index (χ0) is 17.0. The van der Waals surface area contributed by atoms with E-state index in [0.29, 0.717) is 24.3 Å². The number of anilines is 2. The Balaban J connectivity index is 0.000000229. The molecule has 1 aliphatic heterocycles. The van der Waals surface area contributed by atoms with Crippen molar-refractivity contribution in [3.63, 3.8) is 0 Å². The van der Waals surface area contributed by atoms with Gasteiger partial charge in [0.05, 0.1) is 5.69 Å². The van der Waals surface area contributed by atoms with Crippen molar-refractivity contribution in [2.45, 2.75) is 31.1 Å². The number of nitrogens with zero attached hydrogens (tertiary/aromatic N) is 1. The molecular weight excluding hydrogens is 311 g/mol. The number of benzene rings is 2. The van der Waals surface area contributed by atoms with Crippen LogP contribution in [0.4, 0.5) is 15.8 Å². The van der Waals surface area contributed by atoms with E-state index in [4.69, 9.17) is 5.73 Å². The number of hydrogen-bond acceptors (Lipinski definition) is 3. The van der Waals surface area contributed by atoms with Crippen molar-refractivity contribution < 1.29 is 9.18 Å². The molecule has 0 aliphatic carbocycles. The van der Waals surface area contributed by atoms with Gasteiger partial charge in [-0.2, -0.15) is 0 Å². The molecule has 1 aliphatic rings. The van der Waals surface area contributed by atoms with Crippen LogP contribution in [0.25, 0.3) is 0 Å². The van der Waals surface area contributed by atoms with Crippen molar-refractivity contribution in [1.29, 1.82) is 0 Å². The Hall–Kier alpha value is -2.01. The lowest BCUT2D eigenvalue weighted by Gasteiger charge is -2.32. The van der Waals surface area contributed by atoms with Crippen molar-refractivity contribution in [3.05, 3.63) is 53.8 Å². The number of carbonyl (C=O) groups excluding carboxylic acids is 1. The van der Waals surface area contributed by atoms with Crippen LogP contribution in [-0.4, -0.2) is 12.5 Å². The Morgan fingerprint density at radius 3 is 2.48 bits per heavy atom. The van der Waals surface area contributed by atoms with Crippen LogP contribution in [0.5, 0.6) is 0 Å². The van der Waals surface area contributed by atoms with Gasteiger partial charge in [0.1, 0.15) is 5.82 Å². The maximum absolute atomic E-state index is 13.8. The standard InChI is InChI=1S/C12H15FN2O.C6H6S/c1-3-15-11(16)4-7(2)9-5-8(14)6-10(13)12(9)15;7-6-4-2-1-3-5-6/h5-7H,3-4,14H2,1-2H3;1-5,7H. The van der Waals surface area contributed by atoms with Crippen LogP contribution in [0.1, 0.15) is 31.7 Å². The summed E-state index contributed by atoms with van der Waals surface area (Å²) in [7, 11) is 0. The third kappa shape index (κ3) is 4.05. The van der Waals surface area contributed by atoms with E-state index < -0.39 is 5.82 Å². The lowest BCUT2D eigenvalue weighted by Crippen LogP contribution is -2.36. The Morgan fingerprint density at radius 2 is 1.96 bits per heavy atom. The molecule has 0 radical (unpaired) electrons. The fraction of sp³-hybridized carbons (Fsp3) is 0.278. The number of fused-ring (bicyclic) bond motifs is 1. The molecule has 0 spiro atoms. The molecule has 5 heteroatoms. The molecule has 122 valence electrons. The monoisotopic (exact) mass is 332 g/mol. The van der Waals surface area contributed by atoms with Crippen LogP contribution in [0.15, 0.2) is 47.4 Å². The Labute approximate surface area is 141 Å². The van der Waals surface area contributed by atoms with E-state index in [-0.39, 0.29) is 11.8 Å². The summed E-state index contributed by atoms with van der Waals surface area (Å²) in [6, 6.07) is 12.8. The first kappa shape index (κ1) is 17.3. The molecule has 1 heterocycles. The van der Waals surface area contributed by atoms with Crippen molar-refractivity contribution in [2.75, 3.05) is 17.2 Å². The molecule has 23 heavy (non-hydrogen) atoms. The zero-order valence-electron chi connectivity index (χ0n) is 13.3. The second-order valence-electron chi connectivity index (χ2n) is 5.52. The highest BCUT2D eigenvalue weighted by Crippen LogP contribution is 2.38. The van der Waals surface area contributed by atoms with Gasteiger partial charge in [0.15, 0.2) is 0 Å². The maximum atomic E-state index is 13.8. The van der Waals surface area contributed by atoms with Crippen LogP contribution < -0.4 is 10.6 Å².